The van der Waals surface area contributed by atoms with E-state index in [2.05, 4.69) is 63.0 Å². The van der Waals surface area contributed by atoms with Crippen LogP contribution in [0.25, 0.3) is 0 Å². The van der Waals surface area contributed by atoms with Crippen LogP contribution in [0.2, 0.25) is 0 Å². The lowest BCUT2D eigenvalue weighted by Gasteiger charge is -2.21. The topological polar surface area (TPSA) is 39.1 Å². The lowest BCUT2D eigenvalue weighted by molar-refractivity contribution is 0.300. The molecule has 0 aliphatic rings. The summed E-state index contributed by atoms with van der Waals surface area (Å²) >= 11 is 0. The molecule has 1 aromatic carbocycles. The van der Waals surface area contributed by atoms with Gasteiger partial charge in [-0.1, -0.05) is 31.5 Å². The molecule has 0 saturated heterocycles. The summed E-state index contributed by atoms with van der Waals surface area (Å²) in [4.78, 5) is 2.36. The molecular weight excluding hydrogens is 246 g/mol. The summed E-state index contributed by atoms with van der Waals surface area (Å²) in [5.41, 5.74) is 4.79. The Morgan fingerprint density at radius 1 is 1.15 bits per heavy atom. The molecule has 0 aromatic heterocycles. The first kappa shape index (κ1) is 16.7. The van der Waals surface area contributed by atoms with Gasteiger partial charge in [0.2, 0.25) is 0 Å². The molecule has 20 heavy (non-hydrogen) atoms. The van der Waals surface area contributed by atoms with Gasteiger partial charge in [0.05, 0.1) is 6.07 Å². The van der Waals surface area contributed by atoms with Crippen molar-refractivity contribution in [3.8, 4) is 6.07 Å². The number of aryl methyl sites for hydroxylation is 3. The maximum atomic E-state index is 9.45. The van der Waals surface area contributed by atoms with E-state index in [1.54, 1.807) is 0 Å². The average Bonchev–Trinajstić information content (AvgIpc) is 2.40. The molecule has 3 heteroatoms. The fraction of sp³-hybridized carbons (Fsp3) is 0.588. The van der Waals surface area contributed by atoms with Crippen LogP contribution >= 0.6 is 0 Å². The van der Waals surface area contributed by atoms with Crippen molar-refractivity contribution < 1.29 is 0 Å². The van der Waals surface area contributed by atoms with Gasteiger partial charge in [0.15, 0.2) is 0 Å². The molecule has 1 N–H and O–H groups in total. The standard InChI is InChI=1S/C17H27N3/c1-6-20(7-2)9-8-19-16(12-18)17-14(4)10-13(3)11-15(17)5/h10-11,16,19H,6-9H2,1-5H3. The first-order valence-corrected chi connectivity index (χ1v) is 7.46. The van der Waals surface area contributed by atoms with Gasteiger partial charge >= 0.3 is 0 Å². The highest BCUT2D eigenvalue weighted by atomic mass is 15.1. The highest BCUT2D eigenvalue weighted by Gasteiger charge is 2.15. The lowest BCUT2D eigenvalue weighted by atomic mass is 9.94. The minimum atomic E-state index is -0.217. The second kappa shape index (κ2) is 8.04. The molecule has 0 bridgehead atoms. The van der Waals surface area contributed by atoms with Crippen LogP contribution in [0.5, 0.6) is 0 Å². The van der Waals surface area contributed by atoms with E-state index in [1.165, 1.54) is 16.7 Å². The number of nitriles is 1. The van der Waals surface area contributed by atoms with Crippen LogP contribution < -0.4 is 5.32 Å². The minimum Gasteiger partial charge on any atom is -0.303 e. The van der Waals surface area contributed by atoms with E-state index in [0.29, 0.717) is 0 Å². The van der Waals surface area contributed by atoms with Gasteiger partial charge in [0.1, 0.15) is 6.04 Å². The number of likely N-dealkylation sites (N-methyl/N-ethyl adjacent to an activating group) is 1. The monoisotopic (exact) mass is 273 g/mol. The highest BCUT2D eigenvalue weighted by Crippen LogP contribution is 2.23. The molecule has 0 aliphatic carbocycles. The predicted octanol–water partition coefficient (Wildman–Crippen LogP) is 3.11. The van der Waals surface area contributed by atoms with Crippen LogP contribution in [-0.4, -0.2) is 31.1 Å². The summed E-state index contributed by atoms with van der Waals surface area (Å²) < 4.78 is 0. The van der Waals surface area contributed by atoms with Crippen molar-refractivity contribution in [3.05, 3.63) is 34.4 Å². The van der Waals surface area contributed by atoms with Crippen LogP contribution in [-0.2, 0) is 0 Å². The second-order valence-electron chi connectivity index (χ2n) is 5.36. The van der Waals surface area contributed by atoms with Crippen LogP contribution in [0.3, 0.4) is 0 Å². The molecule has 3 nitrogen and oxygen atoms in total. The summed E-state index contributed by atoms with van der Waals surface area (Å²) in [6.07, 6.45) is 0. The van der Waals surface area contributed by atoms with Crippen LogP contribution in [0, 0.1) is 32.1 Å². The van der Waals surface area contributed by atoms with Gasteiger partial charge < -0.3 is 4.90 Å². The number of hydrogen-bond acceptors (Lipinski definition) is 3. The first-order valence-electron chi connectivity index (χ1n) is 7.46. The van der Waals surface area contributed by atoms with E-state index in [9.17, 15) is 5.26 Å². The quantitative estimate of drug-likeness (QED) is 0.829. The summed E-state index contributed by atoms with van der Waals surface area (Å²) in [5.74, 6) is 0. The number of nitrogens with one attached hydrogen (secondary N) is 1. The Balaban J connectivity index is 2.75. The van der Waals surface area contributed by atoms with E-state index in [4.69, 9.17) is 0 Å². The SMILES string of the molecule is CCN(CC)CCNC(C#N)c1c(C)cc(C)cc1C. The molecule has 0 amide bonds. The zero-order valence-corrected chi connectivity index (χ0v) is 13.5. The molecule has 1 rings (SSSR count). The summed E-state index contributed by atoms with van der Waals surface area (Å²) in [7, 11) is 0. The maximum absolute atomic E-state index is 9.45. The van der Waals surface area contributed by atoms with E-state index in [-0.39, 0.29) is 6.04 Å². The molecule has 0 spiro atoms. The molecule has 0 aliphatic heterocycles. The van der Waals surface area contributed by atoms with Gasteiger partial charge in [-0.3, -0.25) is 5.32 Å². The Morgan fingerprint density at radius 3 is 2.15 bits per heavy atom. The molecule has 1 unspecified atom stereocenters. The normalized spacial score (nSPS) is 12.4. The molecular formula is C17H27N3. The first-order chi connectivity index (χ1) is 9.53. The highest BCUT2D eigenvalue weighted by molar-refractivity contribution is 5.41. The Bertz CT molecular complexity index is 447. The van der Waals surface area contributed by atoms with Crippen LogP contribution in [0.4, 0.5) is 0 Å². The molecule has 1 aromatic rings. The molecule has 0 radical (unpaired) electrons. The summed E-state index contributed by atoms with van der Waals surface area (Å²) in [6, 6.07) is 6.49. The third-order valence-corrected chi connectivity index (χ3v) is 3.83. The van der Waals surface area contributed by atoms with Gasteiger partial charge in [0.25, 0.3) is 0 Å². The van der Waals surface area contributed by atoms with Crippen LogP contribution in [0.1, 0.15) is 42.1 Å². The zero-order chi connectivity index (χ0) is 15.1. The van der Waals surface area contributed by atoms with Gasteiger partial charge in [-0.2, -0.15) is 5.26 Å². The van der Waals surface area contributed by atoms with Crippen molar-refractivity contribution in [3.63, 3.8) is 0 Å². The fourth-order valence-electron chi connectivity index (χ4n) is 2.77. The maximum Gasteiger partial charge on any atom is 0.121 e. The van der Waals surface area contributed by atoms with Crippen LogP contribution in [0.15, 0.2) is 12.1 Å². The van der Waals surface area contributed by atoms with Crippen molar-refractivity contribution in [2.24, 2.45) is 0 Å². The molecule has 0 fully saturated rings. The largest absolute Gasteiger partial charge is 0.303 e. The molecule has 110 valence electrons. The number of benzene rings is 1. The van der Waals surface area contributed by atoms with Gasteiger partial charge in [-0.05, 0) is 50.6 Å². The Kier molecular flexibility index (Phi) is 6.70. The van der Waals surface area contributed by atoms with E-state index in [1.807, 2.05) is 0 Å². The lowest BCUT2D eigenvalue weighted by Crippen LogP contribution is -2.33. The summed E-state index contributed by atoms with van der Waals surface area (Å²) in [6.45, 7) is 14.5. The van der Waals surface area contributed by atoms with Crippen molar-refractivity contribution in [1.82, 2.24) is 10.2 Å². The third-order valence-electron chi connectivity index (χ3n) is 3.83. The van der Waals surface area contributed by atoms with E-state index in [0.717, 1.165) is 31.7 Å². The van der Waals surface area contributed by atoms with Gasteiger partial charge in [-0.15, -0.1) is 0 Å². The number of hydrogen-bond donors (Lipinski definition) is 1. The van der Waals surface area contributed by atoms with Gasteiger partial charge in [0, 0.05) is 13.1 Å². The number of nitrogens with zero attached hydrogens (tertiary/aromatic N) is 2. The third kappa shape index (κ3) is 4.33. The smallest absolute Gasteiger partial charge is 0.121 e. The Labute approximate surface area is 123 Å². The number of rotatable bonds is 7. The molecule has 1 atom stereocenters. The minimum absolute atomic E-state index is 0.217. The summed E-state index contributed by atoms with van der Waals surface area (Å²) in [5, 5.41) is 12.8. The van der Waals surface area contributed by atoms with Crippen molar-refractivity contribution in [1.29, 1.82) is 5.26 Å². The van der Waals surface area contributed by atoms with Crippen molar-refractivity contribution in [2.75, 3.05) is 26.2 Å². The Hall–Kier alpha value is -1.37. The second-order valence-corrected chi connectivity index (χ2v) is 5.36. The predicted molar refractivity (Wildman–Crippen MR) is 84.8 cm³/mol. The molecule has 0 heterocycles. The fourth-order valence-corrected chi connectivity index (χ4v) is 2.77. The Morgan fingerprint density at radius 2 is 1.70 bits per heavy atom. The van der Waals surface area contributed by atoms with E-state index < -0.39 is 0 Å². The zero-order valence-electron chi connectivity index (χ0n) is 13.5. The van der Waals surface area contributed by atoms with Gasteiger partial charge in [-0.25, -0.2) is 0 Å². The average molecular weight is 273 g/mol. The van der Waals surface area contributed by atoms with E-state index >= 15 is 0 Å². The van der Waals surface area contributed by atoms with Crippen molar-refractivity contribution >= 4 is 0 Å². The van der Waals surface area contributed by atoms with Crippen molar-refractivity contribution in [2.45, 2.75) is 40.7 Å². The molecule has 0 saturated carbocycles.